The molecule has 1 aromatic heterocycles. The summed E-state index contributed by atoms with van der Waals surface area (Å²) in [5, 5.41) is 5.95. The largest absolute Gasteiger partial charge is 0.416 e. The van der Waals surface area contributed by atoms with Crippen molar-refractivity contribution in [1.29, 1.82) is 0 Å². The Morgan fingerprint density at radius 1 is 1.14 bits per heavy atom. The first-order chi connectivity index (χ1) is 10.4. The molecule has 0 radical (unpaired) electrons. The van der Waals surface area contributed by atoms with Crippen molar-refractivity contribution in [3.05, 3.63) is 59.9 Å². The molecule has 0 bridgehead atoms. The highest BCUT2D eigenvalue weighted by Crippen LogP contribution is 2.30. The van der Waals surface area contributed by atoms with Crippen molar-refractivity contribution in [3.8, 4) is 0 Å². The van der Waals surface area contributed by atoms with Gasteiger partial charge in [-0.25, -0.2) is 0 Å². The Bertz CT molecular complexity index is 629. The van der Waals surface area contributed by atoms with Crippen molar-refractivity contribution in [1.82, 2.24) is 10.3 Å². The van der Waals surface area contributed by atoms with Gasteiger partial charge >= 0.3 is 6.18 Å². The molecule has 1 aromatic carbocycles. The maximum Gasteiger partial charge on any atom is 0.416 e. The first kappa shape index (κ1) is 16.2. The predicted molar refractivity (Wildman–Crippen MR) is 83.6 cm³/mol. The van der Waals surface area contributed by atoms with Gasteiger partial charge in [0.15, 0.2) is 5.11 Å². The fraction of sp³-hybridized carbons (Fsp3) is 0.200. The Morgan fingerprint density at radius 2 is 1.95 bits per heavy atom. The molecule has 0 fully saturated rings. The van der Waals surface area contributed by atoms with Crippen molar-refractivity contribution in [3.63, 3.8) is 0 Å². The van der Waals surface area contributed by atoms with Gasteiger partial charge in [-0.3, -0.25) is 4.98 Å². The van der Waals surface area contributed by atoms with Crippen LogP contribution < -0.4 is 10.6 Å². The van der Waals surface area contributed by atoms with Gasteiger partial charge in [-0.15, -0.1) is 0 Å². The lowest BCUT2D eigenvalue weighted by Gasteiger charge is -2.12. The van der Waals surface area contributed by atoms with E-state index in [0.29, 0.717) is 18.7 Å². The molecule has 3 nitrogen and oxygen atoms in total. The van der Waals surface area contributed by atoms with E-state index >= 15 is 0 Å². The molecule has 2 rings (SSSR count). The van der Waals surface area contributed by atoms with Crippen LogP contribution in [0.5, 0.6) is 0 Å². The average Bonchev–Trinajstić information content (AvgIpc) is 2.48. The number of hydrogen-bond donors (Lipinski definition) is 2. The van der Waals surface area contributed by atoms with E-state index in [1.54, 1.807) is 6.20 Å². The summed E-state index contributed by atoms with van der Waals surface area (Å²) in [6.45, 7) is 0.543. The number of nitrogens with zero attached hydrogens (tertiary/aromatic N) is 1. The molecular weight excluding hydrogens is 311 g/mol. The number of aromatic nitrogens is 1. The normalized spacial score (nSPS) is 11.0. The van der Waals surface area contributed by atoms with Gasteiger partial charge in [0.1, 0.15) is 0 Å². The van der Waals surface area contributed by atoms with E-state index in [9.17, 15) is 13.2 Å². The lowest BCUT2D eigenvalue weighted by molar-refractivity contribution is -0.137. The van der Waals surface area contributed by atoms with Crippen LogP contribution in [-0.2, 0) is 12.6 Å². The SMILES string of the molecule is FC(F)(F)c1cccc(NC(=S)NCCc2ccccn2)c1. The average molecular weight is 325 g/mol. The molecule has 0 aliphatic rings. The monoisotopic (exact) mass is 325 g/mol. The maximum absolute atomic E-state index is 12.6. The summed E-state index contributed by atoms with van der Waals surface area (Å²) in [6.07, 6.45) is -1.99. The zero-order valence-corrected chi connectivity index (χ0v) is 12.3. The first-order valence-electron chi connectivity index (χ1n) is 6.57. The third-order valence-corrected chi connectivity index (χ3v) is 3.09. The van der Waals surface area contributed by atoms with E-state index in [-0.39, 0.29) is 5.11 Å². The highest BCUT2D eigenvalue weighted by Gasteiger charge is 2.30. The number of hydrogen-bond acceptors (Lipinski definition) is 2. The van der Waals surface area contributed by atoms with Crippen molar-refractivity contribution >= 4 is 23.0 Å². The summed E-state index contributed by atoms with van der Waals surface area (Å²) in [5.74, 6) is 0. The zero-order valence-electron chi connectivity index (χ0n) is 11.5. The molecule has 0 saturated carbocycles. The molecule has 7 heteroatoms. The van der Waals surface area contributed by atoms with Gasteiger partial charge in [0.2, 0.25) is 0 Å². The third-order valence-electron chi connectivity index (χ3n) is 2.84. The van der Waals surface area contributed by atoms with Gasteiger partial charge in [-0.1, -0.05) is 12.1 Å². The van der Waals surface area contributed by atoms with Gasteiger partial charge < -0.3 is 10.6 Å². The lowest BCUT2D eigenvalue weighted by atomic mass is 10.2. The number of thiocarbonyl (C=S) groups is 1. The second-order valence-electron chi connectivity index (χ2n) is 4.53. The van der Waals surface area contributed by atoms with Crippen LogP contribution >= 0.6 is 12.2 Å². The molecule has 0 atom stereocenters. The molecule has 0 aliphatic carbocycles. The van der Waals surface area contributed by atoms with Crippen LogP contribution in [0.15, 0.2) is 48.7 Å². The van der Waals surface area contributed by atoms with Gasteiger partial charge in [0.25, 0.3) is 0 Å². The highest BCUT2D eigenvalue weighted by molar-refractivity contribution is 7.80. The smallest absolute Gasteiger partial charge is 0.362 e. The molecule has 0 amide bonds. The summed E-state index contributed by atoms with van der Waals surface area (Å²) >= 11 is 5.06. The first-order valence-corrected chi connectivity index (χ1v) is 6.98. The quantitative estimate of drug-likeness (QED) is 0.842. The van der Waals surface area contributed by atoms with Crippen LogP contribution in [0.1, 0.15) is 11.3 Å². The molecule has 2 N–H and O–H groups in total. The van der Waals surface area contributed by atoms with Crippen LogP contribution in [0.25, 0.3) is 0 Å². The number of benzene rings is 1. The minimum atomic E-state index is -4.37. The van der Waals surface area contributed by atoms with Gasteiger partial charge in [0, 0.05) is 30.5 Å². The Hall–Kier alpha value is -2.15. The number of anilines is 1. The summed E-state index contributed by atoms with van der Waals surface area (Å²) in [4.78, 5) is 4.17. The molecule has 2 aromatic rings. The van der Waals surface area contributed by atoms with Crippen molar-refractivity contribution < 1.29 is 13.2 Å². The van der Waals surface area contributed by atoms with Crippen LogP contribution in [0, 0.1) is 0 Å². The number of pyridine rings is 1. The molecular formula is C15H14F3N3S. The van der Waals surface area contributed by atoms with E-state index in [1.807, 2.05) is 18.2 Å². The van der Waals surface area contributed by atoms with Gasteiger partial charge in [-0.2, -0.15) is 13.2 Å². The molecule has 0 aliphatic heterocycles. The summed E-state index contributed by atoms with van der Waals surface area (Å²) in [7, 11) is 0. The van der Waals surface area contributed by atoms with E-state index in [4.69, 9.17) is 12.2 Å². The Labute approximate surface area is 131 Å². The summed E-state index contributed by atoms with van der Waals surface area (Å²) in [6, 6.07) is 10.5. The second kappa shape index (κ2) is 7.22. The van der Waals surface area contributed by atoms with Gasteiger partial charge in [0.05, 0.1) is 5.56 Å². The van der Waals surface area contributed by atoms with Crippen LogP contribution in [0.3, 0.4) is 0 Å². The predicted octanol–water partition coefficient (Wildman–Crippen LogP) is 3.63. The third kappa shape index (κ3) is 5.00. The lowest BCUT2D eigenvalue weighted by Crippen LogP contribution is -2.30. The van der Waals surface area contributed by atoms with Crippen LogP contribution in [0.2, 0.25) is 0 Å². The van der Waals surface area contributed by atoms with Gasteiger partial charge in [-0.05, 0) is 42.5 Å². The Kier molecular flexibility index (Phi) is 5.32. The standard InChI is InChI=1S/C15H14F3N3S/c16-15(17,18)11-4-3-6-13(10-11)21-14(22)20-9-7-12-5-1-2-8-19-12/h1-6,8,10H,7,9H2,(H2,20,21,22). The van der Waals surface area contributed by atoms with Crippen molar-refractivity contribution in [2.24, 2.45) is 0 Å². The van der Waals surface area contributed by atoms with Crippen molar-refractivity contribution in [2.45, 2.75) is 12.6 Å². The Morgan fingerprint density at radius 3 is 2.64 bits per heavy atom. The molecule has 0 unspecified atom stereocenters. The van der Waals surface area contributed by atoms with E-state index < -0.39 is 11.7 Å². The van der Waals surface area contributed by atoms with Crippen LogP contribution in [0.4, 0.5) is 18.9 Å². The fourth-order valence-electron chi connectivity index (χ4n) is 1.80. The molecule has 0 saturated heterocycles. The zero-order chi connectivity index (χ0) is 16.0. The van der Waals surface area contributed by atoms with E-state index in [2.05, 4.69) is 15.6 Å². The van der Waals surface area contributed by atoms with Crippen molar-refractivity contribution in [2.75, 3.05) is 11.9 Å². The fourth-order valence-corrected chi connectivity index (χ4v) is 2.02. The number of nitrogens with one attached hydrogen (secondary N) is 2. The molecule has 1 heterocycles. The van der Waals surface area contributed by atoms with Crippen LogP contribution in [-0.4, -0.2) is 16.6 Å². The number of rotatable bonds is 4. The molecule has 116 valence electrons. The number of alkyl halides is 3. The molecule has 0 spiro atoms. The van der Waals surface area contributed by atoms with E-state index in [0.717, 1.165) is 17.8 Å². The number of halogens is 3. The van der Waals surface area contributed by atoms with E-state index in [1.165, 1.54) is 12.1 Å². The summed E-state index contributed by atoms with van der Waals surface area (Å²) in [5.41, 5.74) is 0.496. The minimum absolute atomic E-state index is 0.273. The maximum atomic E-state index is 12.6. The second-order valence-corrected chi connectivity index (χ2v) is 4.94. The Balaban J connectivity index is 1.84. The molecule has 22 heavy (non-hydrogen) atoms. The topological polar surface area (TPSA) is 37.0 Å². The minimum Gasteiger partial charge on any atom is -0.362 e. The highest BCUT2D eigenvalue weighted by atomic mass is 32.1. The summed E-state index contributed by atoms with van der Waals surface area (Å²) < 4.78 is 37.8.